The number of nitrogens with two attached hydrogens (primary N) is 1. The normalized spacial score (nSPS) is 38.5. The van der Waals surface area contributed by atoms with Crippen LogP contribution in [0.1, 0.15) is 114 Å². The molecule has 1 unspecified atom stereocenters. The van der Waals surface area contributed by atoms with Crippen molar-refractivity contribution in [2.75, 3.05) is 0 Å². The lowest BCUT2D eigenvalue weighted by Gasteiger charge is -2.39. The van der Waals surface area contributed by atoms with Crippen molar-refractivity contribution in [1.29, 1.82) is 0 Å². The van der Waals surface area contributed by atoms with E-state index < -0.39 is 97.1 Å². The van der Waals surface area contributed by atoms with Crippen LogP contribution in [0.3, 0.4) is 0 Å². The number of aliphatic hydroxyl groups is 4. The van der Waals surface area contributed by atoms with Gasteiger partial charge in [0.05, 0.1) is 30.8 Å². The summed E-state index contributed by atoms with van der Waals surface area (Å²) in [6.45, 7) is 16.4. The van der Waals surface area contributed by atoms with Crippen molar-refractivity contribution in [1.82, 2.24) is 0 Å². The number of rotatable bonds is 10. The number of ether oxygens (including phenoxy) is 5. The molecule has 54 heavy (non-hydrogen) atoms. The fourth-order valence-corrected chi connectivity index (χ4v) is 7.99. The van der Waals surface area contributed by atoms with E-state index in [0.29, 0.717) is 32.1 Å². The summed E-state index contributed by atoms with van der Waals surface area (Å²) in [6, 6.07) is 0. The van der Waals surface area contributed by atoms with Crippen LogP contribution in [0.5, 0.6) is 0 Å². The highest BCUT2D eigenvalue weighted by molar-refractivity contribution is 5.80. The lowest BCUT2D eigenvalue weighted by atomic mass is 9.78. The van der Waals surface area contributed by atoms with Crippen molar-refractivity contribution in [2.24, 2.45) is 35.3 Å². The van der Waals surface area contributed by atoms with Crippen LogP contribution in [0.15, 0.2) is 35.5 Å². The average Bonchev–Trinajstić information content (AvgIpc) is 3.11. The molecule has 6 N–H and O–H groups in total. The molecule has 0 aromatic rings. The minimum atomic E-state index is -1.80. The molecular weight excluding hydrogens is 698 g/mol. The predicted molar refractivity (Wildman–Crippen MR) is 201 cm³/mol. The number of carbonyl (C=O) groups is 3. The number of ketones is 1. The third kappa shape index (κ3) is 12.7. The van der Waals surface area contributed by atoms with E-state index in [1.165, 1.54) is 0 Å². The maximum absolute atomic E-state index is 13.6. The van der Waals surface area contributed by atoms with Gasteiger partial charge in [0.15, 0.2) is 12.1 Å². The fraction of sp³-hybridized carbons (Fsp3) is 0.780. The Morgan fingerprint density at radius 1 is 1.06 bits per heavy atom. The molecule has 13 nitrogen and oxygen atoms in total. The number of cyclic esters (lactones) is 1. The van der Waals surface area contributed by atoms with E-state index in [1.54, 1.807) is 20.8 Å². The lowest BCUT2D eigenvalue weighted by molar-refractivity contribution is -0.254. The molecule has 2 bridgehead atoms. The zero-order chi connectivity index (χ0) is 40.5. The van der Waals surface area contributed by atoms with Crippen LogP contribution in [0, 0.1) is 29.6 Å². The van der Waals surface area contributed by atoms with E-state index >= 15 is 0 Å². The molecule has 1 saturated heterocycles. The summed E-state index contributed by atoms with van der Waals surface area (Å²) in [5.41, 5.74) is 7.05. The maximum atomic E-state index is 13.6. The number of carbonyl (C=O) groups excluding carboxylic acids is 3. The standard InChI is InChI=1S/C41H67NO12/c1-10-31(43)27(7)36(46)25(5)19-26(6)39-28(8)35(45)22(2)15-16-30(51-34-20-32(52-40(42)48)37(47)29(9)50-34)14-12-11-13-23(3)38-24(4)17-18-41(49,54-38)21-33(44)53-39/h13,15-17,22,25-30,32,34-39,45-47,49H,10-12,14,18-21H2,1-9H3,(H2,42,48)/b16-15+,23-13-/t22-,25+,26+,27+,28+,29+,30+,32+,34-,35?,36-,37+,38+,39+,41+/m0/s1. The number of aliphatic hydroxyl groups excluding tert-OH is 3. The molecule has 1 amide bonds. The molecule has 13 heteroatoms. The van der Waals surface area contributed by atoms with Gasteiger partial charge in [-0.3, -0.25) is 9.59 Å². The van der Waals surface area contributed by atoms with Gasteiger partial charge in [0.2, 0.25) is 0 Å². The summed E-state index contributed by atoms with van der Waals surface area (Å²) in [5.74, 6) is -4.73. The van der Waals surface area contributed by atoms with E-state index in [2.05, 4.69) is 0 Å². The molecular formula is C41H67NO12. The monoisotopic (exact) mass is 765 g/mol. The molecule has 3 heterocycles. The van der Waals surface area contributed by atoms with Crippen LogP contribution < -0.4 is 5.73 Å². The minimum absolute atomic E-state index is 0.0364. The van der Waals surface area contributed by atoms with Crippen molar-refractivity contribution < 1.29 is 58.5 Å². The van der Waals surface area contributed by atoms with Gasteiger partial charge in [0.1, 0.15) is 30.2 Å². The Bertz CT molecular complexity index is 1350. The molecule has 308 valence electrons. The van der Waals surface area contributed by atoms with E-state index in [9.17, 15) is 34.8 Å². The third-order valence-electron chi connectivity index (χ3n) is 11.5. The van der Waals surface area contributed by atoms with Crippen molar-refractivity contribution in [2.45, 2.75) is 175 Å². The molecule has 0 aliphatic carbocycles. The summed E-state index contributed by atoms with van der Waals surface area (Å²) in [6.07, 6.45) is 1.87. The highest BCUT2D eigenvalue weighted by atomic mass is 16.7. The molecule has 0 radical (unpaired) electrons. The van der Waals surface area contributed by atoms with E-state index in [-0.39, 0.29) is 30.5 Å². The molecule has 1 fully saturated rings. The van der Waals surface area contributed by atoms with Gasteiger partial charge >= 0.3 is 12.1 Å². The highest BCUT2D eigenvalue weighted by Crippen LogP contribution is 2.36. The SMILES string of the molecule is CCC(=O)[C@@H](C)[C@@H](O)[C@H](C)C[C@@H](C)[C@H]1OC(=O)C[C@@]2(O)CC=C(C)[C@H](O2)/C(C)=C\CCC[C@@H](O[C@H]2C[C@@H](OC(N)=O)[C@H](O)[C@@H](C)O2)/C=C/[C@H](C)C(O)[C@H]1C. The van der Waals surface area contributed by atoms with E-state index in [1.807, 2.05) is 65.8 Å². The number of allylic oxidation sites excluding steroid dienone is 1. The van der Waals surface area contributed by atoms with Crippen molar-refractivity contribution in [3.05, 3.63) is 35.5 Å². The van der Waals surface area contributed by atoms with Gasteiger partial charge in [-0.15, -0.1) is 0 Å². The van der Waals surface area contributed by atoms with Crippen LogP contribution in [-0.2, 0) is 33.3 Å². The number of primary amides is 1. The number of fused-ring (bicyclic) bond motifs is 2. The van der Waals surface area contributed by atoms with Gasteiger partial charge in [0.25, 0.3) is 0 Å². The first-order valence-electron chi connectivity index (χ1n) is 19.7. The van der Waals surface area contributed by atoms with Crippen LogP contribution in [0.25, 0.3) is 0 Å². The summed E-state index contributed by atoms with van der Waals surface area (Å²) >= 11 is 0. The maximum Gasteiger partial charge on any atom is 0.404 e. The minimum Gasteiger partial charge on any atom is -0.462 e. The Labute approximate surface area is 321 Å². The molecule has 0 spiro atoms. The van der Waals surface area contributed by atoms with Crippen LogP contribution in [-0.4, -0.2) is 99.2 Å². The smallest absolute Gasteiger partial charge is 0.404 e. The quantitative estimate of drug-likeness (QED) is 0.147. The van der Waals surface area contributed by atoms with Gasteiger partial charge in [-0.1, -0.05) is 65.8 Å². The number of hydrogen-bond donors (Lipinski definition) is 5. The summed E-state index contributed by atoms with van der Waals surface area (Å²) in [5, 5.41) is 44.8. The number of amides is 1. The summed E-state index contributed by atoms with van der Waals surface area (Å²) in [7, 11) is 0. The highest BCUT2D eigenvalue weighted by Gasteiger charge is 2.42. The molecule has 0 saturated carbocycles. The van der Waals surface area contributed by atoms with Gasteiger partial charge in [0, 0.05) is 37.0 Å². The Hall–Kier alpha value is -2.65. The number of hydrogen-bond acceptors (Lipinski definition) is 12. The largest absolute Gasteiger partial charge is 0.462 e. The van der Waals surface area contributed by atoms with E-state index in [0.717, 1.165) is 11.1 Å². The first-order chi connectivity index (χ1) is 25.3. The third-order valence-corrected chi connectivity index (χ3v) is 11.5. The average molecular weight is 766 g/mol. The van der Waals surface area contributed by atoms with Gasteiger partial charge in [-0.2, -0.15) is 0 Å². The van der Waals surface area contributed by atoms with Crippen molar-refractivity contribution in [3.63, 3.8) is 0 Å². The first-order valence-corrected chi connectivity index (χ1v) is 19.7. The Balaban J connectivity index is 1.94. The van der Waals surface area contributed by atoms with Gasteiger partial charge in [-0.05, 0) is 69.4 Å². The van der Waals surface area contributed by atoms with Crippen molar-refractivity contribution >= 4 is 17.8 Å². The molecule has 3 aliphatic rings. The van der Waals surface area contributed by atoms with Crippen molar-refractivity contribution in [3.8, 4) is 0 Å². The topological polar surface area (TPSA) is 204 Å². The summed E-state index contributed by atoms with van der Waals surface area (Å²) < 4.78 is 29.8. The Morgan fingerprint density at radius 2 is 1.72 bits per heavy atom. The molecule has 3 rings (SSSR count). The van der Waals surface area contributed by atoms with Gasteiger partial charge in [-0.25, -0.2) is 4.79 Å². The zero-order valence-corrected chi connectivity index (χ0v) is 33.7. The summed E-state index contributed by atoms with van der Waals surface area (Å²) in [4.78, 5) is 37.5. The van der Waals surface area contributed by atoms with Crippen LogP contribution >= 0.6 is 0 Å². The molecule has 0 aromatic heterocycles. The first kappa shape index (κ1) is 45.7. The Kier molecular flexibility index (Phi) is 17.4. The second-order valence-electron chi connectivity index (χ2n) is 16.1. The molecule has 15 atom stereocenters. The fourth-order valence-electron chi connectivity index (χ4n) is 7.99. The Morgan fingerprint density at radius 3 is 2.37 bits per heavy atom. The number of esters is 1. The second-order valence-corrected chi connectivity index (χ2v) is 16.1. The zero-order valence-electron chi connectivity index (χ0n) is 33.7. The number of Topliss-reactive ketones (excluding diaryl/α,β-unsaturated/α-hetero) is 1. The lowest BCUT2D eigenvalue weighted by Crippen LogP contribution is -2.50. The predicted octanol–water partition coefficient (Wildman–Crippen LogP) is 5.01. The van der Waals surface area contributed by atoms with E-state index in [4.69, 9.17) is 29.4 Å². The van der Waals surface area contributed by atoms with Crippen LogP contribution in [0.4, 0.5) is 4.79 Å². The second kappa shape index (κ2) is 20.5. The molecule has 0 aromatic carbocycles. The van der Waals surface area contributed by atoms with Gasteiger partial charge < -0.3 is 49.8 Å². The molecule has 3 aliphatic heterocycles. The van der Waals surface area contributed by atoms with Crippen LogP contribution in [0.2, 0.25) is 0 Å².